The molecule has 0 spiro atoms. The van der Waals surface area contributed by atoms with Crippen molar-refractivity contribution in [1.82, 2.24) is 0 Å². The van der Waals surface area contributed by atoms with Crippen LogP contribution in [0.4, 0.5) is 11.4 Å². The van der Waals surface area contributed by atoms with Crippen molar-refractivity contribution in [2.24, 2.45) is 17.6 Å². The van der Waals surface area contributed by atoms with E-state index in [-0.39, 0.29) is 24.4 Å². The molecule has 1 aromatic rings. The van der Waals surface area contributed by atoms with Crippen molar-refractivity contribution in [3.63, 3.8) is 0 Å². The molecule has 0 bridgehead atoms. The van der Waals surface area contributed by atoms with Crippen molar-refractivity contribution >= 4 is 29.7 Å². The van der Waals surface area contributed by atoms with E-state index in [1.54, 1.807) is 0 Å². The van der Waals surface area contributed by atoms with Crippen molar-refractivity contribution in [2.45, 2.75) is 38.6 Å². The third-order valence-electron chi connectivity index (χ3n) is 5.12. The molecule has 23 heavy (non-hydrogen) atoms. The van der Waals surface area contributed by atoms with Crippen LogP contribution in [0.15, 0.2) is 24.3 Å². The molecule has 1 amide bonds. The van der Waals surface area contributed by atoms with Crippen LogP contribution >= 0.6 is 12.4 Å². The highest BCUT2D eigenvalue weighted by Crippen LogP contribution is 2.34. The molecule has 1 fully saturated rings. The highest BCUT2D eigenvalue weighted by Gasteiger charge is 2.31. The first-order valence-electron chi connectivity index (χ1n) is 8.42. The number of anilines is 2. The van der Waals surface area contributed by atoms with E-state index in [0.29, 0.717) is 18.3 Å². The number of rotatable bonds is 2. The lowest BCUT2D eigenvalue weighted by molar-refractivity contribution is -0.119. The van der Waals surface area contributed by atoms with Gasteiger partial charge in [-0.25, -0.2) is 0 Å². The lowest BCUT2D eigenvalue weighted by Crippen LogP contribution is -2.37. The molecule has 4 nitrogen and oxygen atoms in total. The maximum atomic E-state index is 12.9. The predicted octanol–water partition coefficient (Wildman–Crippen LogP) is 3.04. The Hall–Kier alpha value is -1.26. The zero-order valence-electron chi connectivity index (χ0n) is 14.1. The second-order valence-electron chi connectivity index (χ2n) is 7.04. The molecule has 0 aromatic heterocycles. The molecule has 3 rings (SSSR count). The summed E-state index contributed by atoms with van der Waals surface area (Å²) in [6.45, 7) is 3.98. The molecule has 0 saturated heterocycles. The highest BCUT2D eigenvalue weighted by molar-refractivity contribution is 5.97. The molecule has 1 saturated carbocycles. The lowest BCUT2D eigenvalue weighted by atomic mass is 9.99. The monoisotopic (exact) mass is 337 g/mol. The van der Waals surface area contributed by atoms with Gasteiger partial charge >= 0.3 is 0 Å². The molecule has 3 atom stereocenters. The molecular formula is C18H28ClN3O. The predicted molar refractivity (Wildman–Crippen MR) is 98.4 cm³/mol. The van der Waals surface area contributed by atoms with E-state index in [2.05, 4.69) is 31.0 Å². The van der Waals surface area contributed by atoms with Crippen LogP contribution in [0.3, 0.4) is 0 Å². The van der Waals surface area contributed by atoms with Gasteiger partial charge in [0.15, 0.2) is 0 Å². The molecule has 1 aliphatic heterocycles. The van der Waals surface area contributed by atoms with Crippen LogP contribution in [0.5, 0.6) is 0 Å². The first-order valence-corrected chi connectivity index (χ1v) is 8.42. The molecule has 0 radical (unpaired) electrons. The molecule has 1 unspecified atom stereocenters. The molecule has 1 heterocycles. The molecule has 1 aliphatic carbocycles. The largest absolute Gasteiger partial charge is 0.373 e. The Morgan fingerprint density at radius 3 is 2.57 bits per heavy atom. The van der Waals surface area contributed by atoms with E-state index >= 15 is 0 Å². The van der Waals surface area contributed by atoms with Crippen LogP contribution in [0, 0.1) is 11.8 Å². The van der Waals surface area contributed by atoms with E-state index < -0.39 is 0 Å². The number of para-hydroxylation sites is 2. The van der Waals surface area contributed by atoms with Crippen LogP contribution in [0.1, 0.15) is 32.6 Å². The Morgan fingerprint density at radius 2 is 1.91 bits per heavy atom. The van der Waals surface area contributed by atoms with Crippen molar-refractivity contribution in [3.05, 3.63) is 24.3 Å². The number of benzene rings is 1. The number of hydrogen-bond acceptors (Lipinski definition) is 3. The fourth-order valence-corrected chi connectivity index (χ4v) is 3.94. The van der Waals surface area contributed by atoms with Gasteiger partial charge in [0.2, 0.25) is 5.91 Å². The second kappa shape index (κ2) is 7.54. The van der Waals surface area contributed by atoms with Gasteiger partial charge in [-0.1, -0.05) is 25.5 Å². The topological polar surface area (TPSA) is 49.6 Å². The summed E-state index contributed by atoms with van der Waals surface area (Å²) in [4.78, 5) is 17.2. The zero-order valence-corrected chi connectivity index (χ0v) is 14.9. The van der Waals surface area contributed by atoms with Crippen molar-refractivity contribution in [3.8, 4) is 0 Å². The molecular weight excluding hydrogens is 310 g/mol. The Labute approximate surface area is 145 Å². The van der Waals surface area contributed by atoms with Crippen LogP contribution in [0.2, 0.25) is 0 Å². The van der Waals surface area contributed by atoms with E-state index in [0.717, 1.165) is 43.7 Å². The van der Waals surface area contributed by atoms with Crippen LogP contribution in [0.25, 0.3) is 0 Å². The summed E-state index contributed by atoms with van der Waals surface area (Å²) >= 11 is 0. The Kier molecular flexibility index (Phi) is 5.93. The Bertz CT molecular complexity index is 551. The minimum atomic E-state index is 0. The summed E-state index contributed by atoms with van der Waals surface area (Å²) in [5.74, 6) is 1.05. The van der Waals surface area contributed by atoms with Gasteiger partial charge in [0.05, 0.1) is 11.4 Å². The number of hydrogen-bond donors (Lipinski definition) is 1. The van der Waals surface area contributed by atoms with Crippen LogP contribution in [-0.2, 0) is 4.79 Å². The van der Waals surface area contributed by atoms with E-state index in [4.69, 9.17) is 5.73 Å². The fourth-order valence-electron chi connectivity index (χ4n) is 3.94. The molecule has 5 heteroatoms. The second-order valence-corrected chi connectivity index (χ2v) is 7.04. The zero-order chi connectivity index (χ0) is 15.7. The number of carbonyl (C=O) groups excluding carboxylic acids is 1. The first kappa shape index (κ1) is 18.1. The quantitative estimate of drug-likeness (QED) is 0.902. The van der Waals surface area contributed by atoms with Gasteiger partial charge in [0, 0.05) is 32.6 Å². The maximum Gasteiger partial charge on any atom is 0.227 e. The minimum Gasteiger partial charge on any atom is -0.373 e. The van der Waals surface area contributed by atoms with Crippen molar-refractivity contribution < 1.29 is 4.79 Å². The van der Waals surface area contributed by atoms with Gasteiger partial charge in [0.1, 0.15) is 0 Å². The summed E-state index contributed by atoms with van der Waals surface area (Å²) in [6.07, 6.45) is 3.91. The Morgan fingerprint density at radius 1 is 1.22 bits per heavy atom. The van der Waals surface area contributed by atoms with Gasteiger partial charge in [0.25, 0.3) is 0 Å². The third kappa shape index (κ3) is 3.81. The smallest absolute Gasteiger partial charge is 0.227 e. The summed E-state index contributed by atoms with van der Waals surface area (Å²) in [5.41, 5.74) is 8.35. The third-order valence-corrected chi connectivity index (χ3v) is 5.12. The number of amides is 1. The van der Waals surface area contributed by atoms with Gasteiger partial charge < -0.3 is 15.5 Å². The average Bonchev–Trinajstić information content (AvgIpc) is 2.84. The molecule has 1 aromatic carbocycles. The van der Waals surface area contributed by atoms with E-state index in [1.165, 1.54) is 0 Å². The normalized spacial score (nSPS) is 27.2. The number of fused-ring (bicyclic) bond motifs is 1. The fraction of sp³-hybridized carbons (Fsp3) is 0.611. The summed E-state index contributed by atoms with van der Waals surface area (Å²) in [5, 5.41) is 0. The standard InChI is InChI=1S/C18H27N3O.ClH/c1-13-11-20(2)16-8-3-4-9-17(16)21(12-13)18(22)10-14-6-5-7-15(14)19;/h3-4,8-9,13-15H,5-7,10-12,19H2,1-2H3;1H/t13?,14-,15+;/m0./s1. The average molecular weight is 338 g/mol. The van der Waals surface area contributed by atoms with E-state index in [1.807, 2.05) is 17.0 Å². The number of nitrogens with two attached hydrogens (primary N) is 1. The maximum absolute atomic E-state index is 12.9. The highest BCUT2D eigenvalue weighted by atomic mass is 35.5. The summed E-state index contributed by atoms with van der Waals surface area (Å²) < 4.78 is 0. The molecule has 2 aliphatic rings. The van der Waals surface area contributed by atoms with Gasteiger partial charge in [-0.15, -0.1) is 12.4 Å². The van der Waals surface area contributed by atoms with Gasteiger partial charge in [-0.05, 0) is 36.8 Å². The SMILES string of the molecule is CC1CN(C)c2ccccc2N(C(=O)C[C@@H]2CCC[C@H]2N)C1.Cl. The number of nitrogens with zero attached hydrogens (tertiary/aromatic N) is 2. The van der Waals surface area contributed by atoms with Crippen molar-refractivity contribution in [1.29, 1.82) is 0 Å². The number of carbonyl (C=O) groups is 1. The van der Waals surface area contributed by atoms with Gasteiger partial charge in [-0.2, -0.15) is 0 Å². The van der Waals surface area contributed by atoms with Crippen molar-refractivity contribution in [2.75, 3.05) is 29.9 Å². The van der Waals surface area contributed by atoms with Crippen LogP contribution < -0.4 is 15.5 Å². The van der Waals surface area contributed by atoms with E-state index in [9.17, 15) is 4.79 Å². The first-order chi connectivity index (χ1) is 10.6. The summed E-state index contributed by atoms with van der Waals surface area (Å²) in [7, 11) is 2.11. The molecule has 128 valence electrons. The minimum absolute atomic E-state index is 0. The lowest BCUT2D eigenvalue weighted by Gasteiger charge is -2.26. The number of halogens is 1. The van der Waals surface area contributed by atoms with Gasteiger partial charge in [-0.3, -0.25) is 4.79 Å². The Balaban J connectivity index is 0.00000192. The summed E-state index contributed by atoms with van der Waals surface area (Å²) in [6, 6.07) is 8.43. The molecule has 2 N–H and O–H groups in total. The van der Waals surface area contributed by atoms with Crippen LogP contribution in [-0.4, -0.2) is 32.1 Å².